The van der Waals surface area contributed by atoms with E-state index in [0.717, 1.165) is 0 Å². The first-order valence-electron chi connectivity index (χ1n) is 6.67. The summed E-state index contributed by atoms with van der Waals surface area (Å²) in [5, 5.41) is 9.13. The number of amides is 1. The van der Waals surface area contributed by atoms with Crippen LogP contribution in [0.4, 0.5) is 4.39 Å². The topological polar surface area (TPSA) is 49.8 Å². The van der Waals surface area contributed by atoms with Gasteiger partial charge in [0.1, 0.15) is 5.82 Å². The van der Waals surface area contributed by atoms with E-state index in [0.29, 0.717) is 18.7 Å². The van der Waals surface area contributed by atoms with Gasteiger partial charge in [-0.05, 0) is 30.7 Å². The fraction of sp³-hybridized carbons (Fsp3) is 0.400. The highest BCUT2D eigenvalue weighted by atomic mass is 35.5. The van der Waals surface area contributed by atoms with Crippen LogP contribution in [0.1, 0.15) is 12.5 Å². The van der Waals surface area contributed by atoms with Gasteiger partial charge >= 0.3 is 0 Å². The van der Waals surface area contributed by atoms with Crippen LogP contribution in [0, 0.1) is 5.82 Å². The minimum atomic E-state index is -0.493. The molecule has 1 aromatic rings. The number of ether oxygens (including phenoxy) is 1. The molecule has 0 radical (unpaired) electrons. The van der Waals surface area contributed by atoms with Crippen molar-refractivity contribution in [3.8, 4) is 0 Å². The fourth-order valence-electron chi connectivity index (χ4n) is 2.11. The minimum Gasteiger partial charge on any atom is -0.394 e. The SMILES string of the molecule is CC1COC(CO)CN1C(=O)/C=C/c1ccc(F)c(Cl)c1. The van der Waals surface area contributed by atoms with Gasteiger partial charge in [0.15, 0.2) is 0 Å². The highest BCUT2D eigenvalue weighted by Gasteiger charge is 2.27. The van der Waals surface area contributed by atoms with E-state index < -0.39 is 5.82 Å². The van der Waals surface area contributed by atoms with E-state index in [1.165, 1.54) is 18.2 Å². The number of aliphatic hydroxyl groups excluding tert-OH is 1. The first kappa shape index (κ1) is 15.9. The molecular formula is C15H17ClFNO3. The zero-order chi connectivity index (χ0) is 15.4. The molecule has 2 atom stereocenters. The van der Waals surface area contributed by atoms with Gasteiger partial charge in [-0.2, -0.15) is 0 Å². The van der Waals surface area contributed by atoms with Gasteiger partial charge in [-0.25, -0.2) is 4.39 Å². The third kappa shape index (κ3) is 4.03. The lowest BCUT2D eigenvalue weighted by atomic mass is 10.1. The number of aliphatic hydroxyl groups is 1. The molecular weight excluding hydrogens is 297 g/mol. The molecule has 1 fully saturated rings. The second-order valence-electron chi connectivity index (χ2n) is 4.98. The average molecular weight is 314 g/mol. The summed E-state index contributed by atoms with van der Waals surface area (Å²) in [5.41, 5.74) is 0.648. The van der Waals surface area contributed by atoms with Crippen molar-refractivity contribution >= 4 is 23.6 Å². The molecule has 0 spiro atoms. The van der Waals surface area contributed by atoms with Crippen molar-refractivity contribution in [2.75, 3.05) is 19.8 Å². The number of halogens is 2. The van der Waals surface area contributed by atoms with Crippen molar-refractivity contribution in [3.63, 3.8) is 0 Å². The average Bonchev–Trinajstić information content (AvgIpc) is 2.48. The van der Waals surface area contributed by atoms with Crippen molar-refractivity contribution in [3.05, 3.63) is 40.7 Å². The van der Waals surface area contributed by atoms with E-state index in [-0.39, 0.29) is 29.7 Å². The van der Waals surface area contributed by atoms with Crippen molar-refractivity contribution in [2.24, 2.45) is 0 Å². The Morgan fingerprint density at radius 1 is 1.62 bits per heavy atom. The van der Waals surface area contributed by atoms with E-state index in [1.807, 2.05) is 6.92 Å². The molecule has 1 amide bonds. The van der Waals surface area contributed by atoms with Gasteiger partial charge in [0, 0.05) is 12.6 Å². The van der Waals surface area contributed by atoms with Gasteiger partial charge in [-0.1, -0.05) is 17.7 Å². The Morgan fingerprint density at radius 3 is 3.05 bits per heavy atom. The van der Waals surface area contributed by atoms with Gasteiger partial charge < -0.3 is 14.7 Å². The predicted octanol–water partition coefficient (Wildman–Crippen LogP) is 2.10. The molecule has 2 rings (SSSR count). The molecule has 1 saturated heterocycles. The molecule has 0 aromatic heterocycles. The summed E-state index contributed by atoms with van der Waals surface area (Å²) in [4.78, 5) is 13.8. The van der Waals surface area contributed by atoms with Gasteiger partial charge in [-0.3, -0.25) is 4.79 Å². The maximum absolute atomic E-state index is 13.1. The Labute approximate surface area is 127 Å². The summed E-state index contributed by atoms with van der Waals surface area (Å²) in [6, 6.07) is 4.21. The minimum absolute atomic E-state index is 0.0182. The number of hydrogen-bond acceptors (Lipinski definition) is 3. The number of carbonyl (C=O) groups excluding carboxylic acids is 1. The van der Waals surface area contributed by atoms with E-state index in [2.05, 4.69) is 0 Å². The number of rotatable bonds is 3. The van der Waals surface area contributed by atoms with Gasteiger partial charge in [0.25, 0.3) is 0 Å². The fourth-order valence-corrected chi connectivity index (χ4v) is 2.30. The number of hydrogen-bond donors (Lipinski definition) is 1. The first-order valence-corrected chi connectivity index (χ1v) is 7.05. The van der Waals surface area contributed by atoms with Crippen LogP contribution in [0.5, 0.6) is 0 Å². The smallest absolute Gasteiger partial charge is 0.246 e. The van der Waals surface area contributed by atoms with E-state index >= 15 is 0 Å². The monoisotopic (exact) mass is 313 g/mol. The lowest BCUT2D eigenvalue weighted by Crippen LogP contribution is -2.51. The number of benzene rings is 1. The molecule has 6 heteroatoms. The first-order chi connectivity index (χ1) is 10.0. The molecule has 1 aliphatic rings. The van der Waals surface area contributed by atoms with Crippen LogP contribution in [-0.4, -0.2) is 47.8 Å². The van der Waals surface area contributed by atoms with Crippen LogP contribution in [0.15, 0.2) is 24.3 Å². The zero-order valence-corrected chi connectivity index (χ0v) is 12.4. The molecule has 0 aliphatic carbocycles. The van der Waals surface area contributed by atoms with Crippen LogP contribution < -0.4 is 0 Å². The summed E-state index contributed by atoms with van der Waals surface area (Å²) in [6.07, 6.45) is 2.66. The highest BCUT2D eigenvalue weighted by Crippen LogP contribution is 2.17. The molecule has 0 saturated carbocycles. The van der Waals surface area contributed by atoms with Crippen molar-refractivity contribution in [1.82, 2.24) is 4.90 Å². The molecule has 1 heterocycles. The van der Waals surface area contributed by atoms with E-state index in [9.17, 15) is 9.18 Å². The van der Waals surface area contributed by atoms with Crippen molar-refractivity contribution < 1.29 is 19.0 Å². The number of morpholine rings is 1. The number of carbonyl (C=O) groups is 1. The van der Waals surface area contributed by atoms with Gasteiger partial charge in [0.2, 0.25) is 5.91 Å². The summed E-state index contributed by atoms with van der Waals surface area (Å²) < 4.78 is 18.4. The molecule has 1 N–H and O–H groups in total. The van der Waals surface area contributed by atoms with Gasteiger partial charge in [0.05, 0.1) is 30.4 Å². The molecule has 2 unspecified atom stereocenters. The Kier molecular flexibility index (Phi) is 5.33. The maximum atomic E-state index is 13.1. The van der Waals surface area contributed by atoms with Crippen LogP contribution in [0.3, 0.4) is 0 Å². The van der Waals surface area contributed by atoms with Crippen LogP contribution in [-0.2, 0) is 9.53 Å². The van der Waals surface area contributed by atoms with E-state index in [4.69, 9.17) is 21.4 Å². The molecule has 1 aromatic carbocycles. The molecule has 4 nitrogen and oxygen atoms in total. The standard InChI is InChI=1S/C15H17ClFNO3/c1-10-9-21-12(8-19)7-18(10)15(20)5-3-11-2-4-14(17)13(16)6-11/h2-6,10,12,19H,7-9H2,1H3/b5-3+. The second kappa shape index (κ2) is 7.02. The third-order valence-corrected chi connectivity index (χ3v) is 3.64. The predicted molar refractivity (Wildman–Crippen MR) is 78.4 cm³/mol. The third-order valence-electron chi connectivity index (χ3n) is 3.35. The lowest BCUT2D eigenvalue weighted by Gasteiger charge is -2.36. The quantitative estimate of drug-likeness (QED) is 0.870. The molecule has 114 valence electrons. The lowest BCUT2D eigenvalue weighted by molar-refractivity contribution is -0.140. The summed E-state index contributed by atoms with van der Waals surface area (Å²) in [7, 11) is 0. The maximum Gasteiger partial charge on any atom is 0.246 e. The molecule has 0 bridgehead atoms. The molecule has 21 heavy (non-hydrogen) atoms. The second-order valence-corrected chi connectivity index (χ2v) is 5.39. The Bertz CT molecular complexity index is 550. The number of nitrogens with zero attached hydrogens (tertiary/aromatic N) is 1. The summed E-state index contributed by atoms with van der Waals surface area (Å²) in [5.74, 6) is -0.669. The van der Waals surface area contributed by atoms with Crippen molar-refractivity contribution in [2.45, 2.75) is 19.1 Å². The Balaban J connectivity index is 2.05. The van der Waals surface area contributed by atoms with Crippen molar-refractivity contribution in [1.29, 1.82) is 0 Å². The normalized spacial score (nSPS) is 22.8. The Hall–Kier alpha value is -1.43. The zero-order valence-electron chi connectivity index (χ0n) is 11.6. The Morgan fingerprint density at radius 2 is 2.38 bits per heavy atom. The summed E-state index contributed by atoms with van der Waals surface area (Å²) in [6.45, 7) is 2.51. The van der Waals surface area contributed by atoms with E-state index in [1.54, 1.807) is 17.0 Å². The molecule has 1 aliphatic heterocycles. The highest BCUT2D eigenvalue weighted by molar-refractivity contribution is 6.30. The largest absolute Gasteiger partial charge is 0.394 e. The van der Waals surface area contributed by atoms with Crippen LogP contribution in [0.2, 0.25) is 5.02 Å². The van der Waals surface area contributed by atoms with Crippen LogP contribution >= 0.6 is 11.6 Å². The van der Waals surface area contributed by atoms with Crippen LogP contribution in [0.25, 0.3) is 6.08 Å². The van der Waals surface area contributed by atoms with Gasteiger partial charge in [-0.15, -0.1) is 0 Å². The summed E-state index contributed by atoms with van der Waals surface area (Å²) >= 11 is 5.69.